The van der Waals surface area contributed by atoms with Crippen molar-refractivity contribution in [1.82, 2.24) is 14.3 Å². The Balaban J connectivity index is 1.32. The van der Waals surface area contributed by atoms with Gasteiger partial charge in [0.05, 0.1) is 5.52 Å². The molecule has 0 aliphatic carbocycles. The van der Waals surface area contributed by atoms with Gasteiger partial charge in [0.25, 0.3) is 5.91 Å². The highest BCUT2D eigenvalue weighted by atomic mass is 32.2. The van der Waals surface area contributed by atoms with E-state index in [9.17, 15) is 9.18 Å². The van der Waals surface area contributed by atoms with Crippen LogP contribution in [0.25, 0.3) is 22.0 Å². The summed E-state index contributed by atoms with van der Waals surface area (Å²) in [5.41, 5.74) is 4.82. The van der Waals surface area contributed by atoms with E-state index in [1.165, 1.54) is 17.5 Å². The van der Waals surface area contributed by atoms with E-state index in [1.54, 1.807) is 36.5 Å². The second-order valence-electron chi connectivity index (χ2n) is 7.55. The van der Waals surface area contributed by atoms with Crippen molar-refractivity contribution in [3.8, 4) is 11.1 Å². The molecule has 5 rings (SSSR count). The monoisotopic (exact) mass is 453 g/mol. The van der Waals surface area contributed by atoms with Crippen molar-refractivity contribution in [3.05, 3.63) is 120 Å². The standard InChI is InChI=1S/C27H20FN3OS/c28-22-9-5-19(6-10-22)17-30-27(32)21-7-11-23(12-8-21)33-31-18-25(20-13-15-29-16-14-20)24-3-1-2-4-26(24)31/h1-16,18H,17H2,(H,30,32). The van der Waals surface area contributed by atoms with E-state index in [2.05, 4.69) is 32.6 Å². The van der Waals surface area contributed by atoms with Gasteiger partial charge < -0.3 is 5.32 Å². The molecule has 2 aromatic heterocycles. The van der Waals surface area contributed by atoms with Gasteiger partial charge >= 0.3 is 0 Å². The molecule has 2 heterocycles. The van der Waals surface area contributed by atoms with Crippen LogP contribution in [-0.2, 0) is 6.54 Å². The minimum absolute atomic E-state index is 0.165. The number of carbonyl (C=O) groups is 1. The highest BCUT2D eigenvalue weighted by molar-refractivity contribution is 7.98. The van der Waals surface area contributed by atoms with E-state index in [4.69, 9.17) is 0 Å². The summed E-state index contributed by atoms with van der Waals surface area (Å²) < 4.78 is 15.2. The number of amides is 1. The first-order valence-corrected chi connectivity index (χ1v) is 11.3. The van der Waals surface area contributed by atoms with Gasteiger partial charge in [0.1, 0.15) is 5.82 Å². The molecule has 0 aliphatic heterocycles. The molecule has 0 saturated carbocycles. The first-order chi connectivity index (χ1) is 16.2. The van der Waals surface area contributed by atoms with Crippen LogP contribution in [0.15, 0.2) is 108 Å². The summed E-state index contributed by atoms with van der Waals surface area (Å²) in [5, 5.41) is 4.05. The highest BCUT2D eigenvalue weighted by Crippen LogP contribution is 2.34. The molecule has 33 heavy (non-hydrogen) atoms. The van der Waals surface area contributed by atoms with Gasteiger partial charge in [-0.25, -0.2) is 4.39 Å². The summed E-state index contributed by atoms with van der Waals surface area (Å²) >= 11 is 1.60. The van der Waals surface area contributed by atoms with Gasteiger partial charge in [-0.2, -0.15) is 0 Å². The lowest BCUT2D eigenvalue weighted by molar-refractivity contribution is 0.0951. The lowest BCUT2D eigenvalue weighted by atomic mass is 10.1. The maximum absolute atomic E-state index is 13.0. The minimum Gasteiger partial charge on any atom is -0.348 e. The van der Waals surface area contributed by atoms with Gasteiger partial charge in [0.2, 0.25) is 0 Å². The molecule has 1 N–H and O–H groups in total. The zero-order chi connectivity index (χ0) is 22.6. The Bertz CT molecular complexity index is 1400. The molecule has 0 saturated heterocycles. The van der Waals surface area contributed by atoms with Crippen molar-refractivity contribution >= 4 is 28.8 Å². The number of hydrogen-bond donors (Lipinski definition) is 1. The van der Waals surface area contributed by atoms with Crippen molar-refractivity contribution in [2.75, 3.05) is 0 Å². The Hall–Kier alpha value is -3.90. The third-order valence-electron chi connectivity index (χ3n) is 5.36. The number of nitrogens with zero attached hydrogens (tertiary/aromatic N) is 2. The number of nitrogens with one attached hydrogen (secondary N) is 1. The Labute approximate surface area is 195 Å². The average molecular weight is 454 g/mol. The van der Waals surface area contributed by atoms with Crippen LogP contribution in [0.2, 0.25) is 0 Å². The number of para-hydroxylation sites is 1. The molecule has 1 amide bonds. The van der Waals surface area contributed by atoms with Gasteiger partial charge in [-0.05, 0) is 77.7 Å². The zero-order valence-electron chi connectivity index (χ0n) is 17.6. The van der Waals surface area contributed by atoms with Crippen LogP contribution in [0.1, 0.15) is 15.9 Å². The molecule has 0 aliphatic rings. The molecular formula is C27H20FN3OS. The van der Waals surface area contributed by atoms with E-state index < -0.39 is 0 Å². The van der Waals surface area contributed by atoms with Crippen molar-refractivity contribution in [3.63, 3.8) is 0 Å². The van der Waals surface area contributed by atoms with Crippen molar-refractivity contribution in [1.29, 1.82) is 0 Å². The fourth-order valence-electron chi connectivity index (χ4n) is 3.65. The molecule has 0 unspecified atom stereocenters. The van der Waals surface area contributed by atoms with Crippen LogP contribution in [0.3, 0.4) is 0 Å². The minimum atomic E-state index is -0.290. The van der Waals surface area contributed by atoms with Gasteiger partial charge in [-0.3, -0.25) is 13.8 Å². The van der Waals surface area contributed by atoms with Crippen LogP contribution in [-0.4, -0.2) is 14.9 Å². The normalized spacial score (nSPS) is 10.9. The van der Waals surface area contributed by atoms with E-state index >= 15 is 0 Å². The Kier molecular flexibility index (Phi) is 5.91. The molecule has 162 valence electrons. The van der Waals surface area contributed by atoms with Crippen LogP contribution in [0.5, 0.6) is 0 Å². The number of aromatic nitrogens is 2. The number of fused-ring (bicyclic) bond motifs is 1. The summed E-state index contributed by atoms with van der Waals surface area (Å²) in [4.78, 5) is 17.6. The molecular weight excluding hydrogens is 433 g/mol. The SMILES string of the molecule is O=C(NCc1ccc(F)cc1)c1ccc(Sn2cc(-c3ccncc3)c3ccccc32)cc1. The molecule has 0 spiro atoms. The lowest BCUT2D eigenvalue weighted by Crippen LogP contribution is -2.22. The van der Waals surface area contributed by atoms with Crippen molar-refractivity contribution in [2.24, 2.45) is 0 Å². The average Bonchev–Trinajstić information content (AvgIpc) is 3.23. The van der Waals surface area contributed by atoms with Crippen LogP contribution in [0, 0.1) is 5.82 Å². The fourth-order valence-corrected chi connectivity index (χ4v) is 4.55. The first-order valence-electron chi connectivity index (χ1n) is 10.5. The number of rotatable bonds is 6. The van der Waals surface area contributed by atoms with Gasteiger partial charge in [-0.1, -0.05) is 30.3 Å². The third-order valence-corrected chi connectivity index (χ3v) is 6.34. The maximum atomic E-state index is 13.0. The third kappa shape index (κ3) is 4.66. The predicted molar refractivity (Wildman–Crippen MR) is 130 cm³/mol. The number of pyridine rings is 1. The first kappa shape index (κ1) is 21.0. The summed E-state index contributed by atoms with van der Waals surface area (Å²) in [5.74, 6) is -0.455. The largest absolute Gasteiger partial charge is 0.348 e. The molecule has 3 aromatic carbocycles. The Morgan fingerprint density at radius 2 is 1.64 bits per heavy atom. The second-order valence-corrected chi connectivity index (χ2v) is 8.59. The Morgan fingerprint density at radius 3 is 2.39 bits per heavy atom. The quantitative estimate of drug-likeness (QED) is 0.327. The van der Waals surface area contributed by atoms with E-state index in [1.807, 2.05) is 48.5 Å². The molecule has 5 aromatic rings. The number of halogens is 1. The van der Waals surface area contributed by atoms with Crippen LogP contribution in [0.4, 0.5) is 4.39 Å². The zero-order valence-corrected chi connectivity index (χ0v) is 18.4. The molecule has 0 radical (unpaired) electrons. The lowest BCUT2D eigenvalue weighted by Gasteiger charge is -2.07. The highest BCUT2D eigenvalue weighted by Gasteiger charge is 2.12. The van der Waals surface area contributed by atoms with Crippen LogP contribution >= 0.6 is 11.9 Å². The summed E-state index contributed by atoms with van der Waals surface area (Å²) in [6, 6.07) is 25.9. The molecule has 0 bridgehead atoms. The number of benzene rings is 3. The van der Waals surface area contributed by atoms with Crippen molar-refractivity contribution in [2.45, 2.75) is 11.4 Å². The van der Waals surface area contributed by atoms with E-state index in [0.29, 0.717) is 12.1 Å². The summed E-state index contributed by atoms with van der Waals surface area (Å²) in [6.07, 6.45) is 5.73. The number of carbonyl (C=O) groups excluding carboxylic acids is 1. The van der Waals surface area contributed by atoms with Crippen molar-refractivity contribution < 1.29 is 9.18 Å². The molecule has 6 heteroatoms. The predicted octanol–water partition coefficient (Wildman–Crippen LogP) is 6.33. The molecule has 0 fully saturated rings. The number of hydrogen-bond acceptors (Lipinski definition) is 3. The summed E-state index contributed by atoms with van der Waals surface area (Å²) in [7, 11) is 0. The topological polar surface area (TPSA) is 46.9 Å². The molecule has 0 atom stereocenters. The van der Waals surface area contributed by atoms with E-state index in [0.717, 1.165) is 27.1 Å². The van der Waals surface area contributed by atoms with Gasteiger partial charge in [0, 0.05) is 46.5 Å². The molecule has 4 nitrogen and oxygen atoms in total. The van der Waals surface area contributed by atoms with Gasteiger partial charge in [0.15, 0.2) is 0 Å². The van der Waals surface area contributed by atoms with Gasteiger partial charge in [-0.15, -0.1) is 0 Å². The van der Waals surface area contributed by atoms with Crippen LogP contribution < -0.4 is 5.32 Å². The smallest absolute Gasteiger partial charge is 0.251 e. The summed E-state index contributed by atoms with van der Waals surface area (Å²) in [6.45, 7) is 0.350. The van der Waals surface area contributed by atoms with E-state index in [-0.39, 0.29) is 11.7 Å². The Morgan fingerprint density at radius 1 is 0.909 bits per heavy atom. The maximum Gasteiger partial charge on any atom is 0.251 e. The fraction of sp³-hybridized carbons (Fsp3) is 0.0370. The second kappa shape index (κ2) is 9.30.